The second-order valence-electron chi connectivity index (χ2n) is 5.23. The fourth-order valence-electron chi connectivity index (χ4n) is 1.97. The molecule has 0 aliphatic heterocycles. The highest BCUT2D eigenvalue weighted by Crippen LogP contribution is 2.42. The lowest BCUT2D eigenvalue weighted by Gasteiger charge is -2.06. The molecule has 1 fully saturated rings. The number of carbonyl (C=O) groups excluding carboxylic acids is 1. The summed E-state index contributed by atoms with van der Waals surface area (Å²) in [6.45, 7) is -0.118. The Hall–Kier alpha value is -2.28. The fourth-order valence-corrected chi connectivity index (χ4v) is 3.86. The van der Waals surface area contributed by atoms with Crippen molar-refractivity contribution in [1.82, 2.24) is 14.9 Å². The highest BCUT2D eigenvalue weighted by molar-refractivity contribution is 7.89. The van der Waals surface area contributed by atoms with Gasteiger partial charge in [-0.25, -0.2) is 8.42 Å². The average Bonchev–Trinajstić information content (AvgIpc) is 3.33. The molecule has 1 aromatic heterocycles. The zero-order chi connectivity index (χ0) is 17.2. The quantitative estimate of drug-likeness (QED) is 0.760. The first-order valence-electron chi connectivity index (χ1n) is 7.17. The molecule has 1 heterocycles. The summed E-state index contributed by atoms with van der Waals surface area (Å²) < 4.78 is 26.3. The number of sulfonamides is 1. The van der Waals surface area contributed by atoms with Crippen LogP contribution in [0.5, 0.6) is 0 Å². The molecule has 0 radical (unpaired) electrons. The van der Waals surface area contributed by atoms with Crippen molar-refractivity contribution in [2.45, 2.75) is 23.7 Å². The summed E-state index contributed by atoms with van der Waals surface area (Å²) in [6.07, 6.45) is 7.26. The molecule has 2 N–H and O–H groups in total. The smallest absolute Gasteiger partial charge is 0.257 e. The SMILES string of the molecule is C#CCNS(=O)(=O)c1cccc(C(=O)Nc2nnc(C3CC3)s2)c1. The topological polar surface area (TPSA) is 101 Å². The molecule has 1 amide bonds. The zero-order valence-electron chi connectivity index (χ0n) is 12.5. The number of anilines is 1. The number of rotatable bonds is 6. The van der Waals surface area contributed by atoms with E-state index in [0.717, 1.165) is 17.8 Å². The summed E-state index contributed by atoms with van der Waals surface area (Å²) in [5.74, 6) is 2.22. The minimum atomic E-state index is -3.75. The van der Waals surface area contributed by atoms with Crippen molar-refractivity contribution in [3.8, 4) is 12.3 Å². The van der Waals surface area contributed by atoms with Gasteiger partial charge in [-0.3, -0.25) is 10.1 Å². The zero-order valence-corrected chi connectivity index (χ0v) is 14.2. The van der Waals surface area contributed by atoms with Gasteiger partial charge in [-0.2, -0.15) is 4.72 Å². The van der Waals surface area contributed by atoms with Gasteiger partial charge < -0.3 is 0 Å². The van der Waals surface area contributed by atoms with Crippen LogP contribution in [0.25, 0.3) is 0 Å². The standard InChI is InChI=1S/C15H14N4O3S2/c1-2-8-16-24(21,22)12-5-3-4-11(9-12)13(20)17-15-19-18-14(23-15)10-6-7-10/h1,3-5,9-10,16H,6-8H2,(H,17,19,20). The van der Waals surface area contributed by atoms with Crippen LogP contribution in [0.4, 0.5) is 5.13 Å². The predicted molar refractivity (Wildman–Crippen MR) is 90.3 cm³/mol. The number of terminal acetylenes is 1. The molecule has 9 heteroatoms. The van der Waals surface area contributed by atoms with Crippen molar-refractivity contribution >= 4 is 32.4 Å². The number of hydrogen-bond donors (Lipinski definition) is 2. The summed E-state index contributed by atoms with van der Waals surface area (Å²) in [6, 6.07) is 5.70. The lowest BCUT2D eigenvalue weighted by Crippen LogP contribution is -2.24. The number of nitrogens with one attached hydrogen (secondary N) is 2. The third kappa shape index (κ3) is 3.79. The lowest BCUT2D eigenvalue weighted by molar-refractivity contribution is 0.102. The number of nitrogens with zero attached hydrogens (tertiary/aromatic N) is 2. The molecular formula is C15H14N4O3S2. The first-order valence-corrected chi connectivity index (χ1v) is 9.47. The second-order valence-corrected chi connectivity index (χ2v) is 8.01. The van der Waals surface area contributed by atoms with E-state index in [4.69, 9.17) is 6.42 Å². The number of benzene rings is 1. The molecule has 1 aliphatic rings. The van der Waals surface area contributed by atoms with E-state index in [2.05, 4.69) is 26.2 Å². The van der Waals surface area contributed by atoms with E-state index in [1.54, 1.807) is 0 Å². The van der Waals surface area contributed by atoms with Crippen LogP contribution >= 0.6 is 11.3 Å². The van der Waals surface area contributed by atoms with E-state index in [1.807, 2.05) is 0 Å². The fraction of sp³-hybridized carbons (Fsp3) is 0.267. The summed E-state index contributed by atoms with van der Waals surface area (Å²) in [5.41, 5.74) is 0.210. The number of carbonyl (C=O) groups is 1. The Balaban J connectivity index is 1.75. The first-order chi connectivity index (χ1) is 11.5. The highest BCUT2D eigenvalue weighted by Gasteiger charge is 2.27. The molecule has 0 spiro atoms. The summed E-state index contributed by atoms with van der Waals surface area (Å²) in [5, 5.41) is 11.9. The maximum Gasteiger partial charge on any atom is 0.257 e. The van der Waals surface area contributed by atoms with Crippen molar-refractivity contribution in [2.24, 2.45) is 0 Å². The van der Waals surface area contributed by atoms with E-state index in [1.165, 1.54) is 35.6 Å². The third-order valence-corrected chi connectivity index (χ3v) is 5.76. The molecule has 1 saturated carbocycles. The van der Waals surface area contributed by atoms with E-state index in [9.17, 15) is 13.2 Å². The molecule has 7 nitrogen and oxygen atoms in total. The molecule has 0 atom stereocenters. The van der Waals surface area contributed by atoms with Crippen molar-refractivity contribution < 1.29 is 13.2 Å². The van der Waals surface area contributed by atoms with Crippen molar-refractivity contribution in [3.63, 3.8) is 0 Å². The van der Waals surface area contributed by atoms with E-state index in [0.29, 0.717) is 11.0 Å². The second kappa shape index (κ2) is 6.68. The van der Waals surface area contributed by atoms with Crippen molar-refractivity contribution in [2.75, 3.05) is 11.9 Å². The molecule has 1 aromatic carbocycles. The Labute approximate surface area is 143 Å². The van der Waals surface area contributed by atoms with Crippen LogP contribution in [0.1, 0.15) is 34.1 Å². The van der Waals surface area contributed by atoms with Gasteiger partial charge in [-0.15, -0.1) is 16.6 Å². The first kappa shape index (κ1) is 16.6. The summed E-state index contributed by atoms with van der Waals surface area (Å²) in [7, 11) is -3.75. The molecule has 0 unspecified atom stereocenters. The Kier molecular flexibility index (Phi) is 4.62. The number of hydrogen-bond acceptors (Lipinski definition) is 6. The number of aromatic nitrogens is 2. The van der Waals surface area contributed by atoms with Gasteiger partial charge in [0.15, 0.2) is 0 Å². The minimum absolute atomic E-state index is 0.0265. The van der Waals surface area contributed by atoms with Gasteiger partial charge in [0.25, 0.3) is 5.91 Å². The van der Waals surface area contributed by atoms with Crippen LogP contribution in [0.2, 0.25) is 0 Å². The van der Waals surface area contributed by atoms with Crippen LogP contribution in [0, 0.1) is 12.3 Å². The maximum atomic E-state index is 12.3. The van der Waals surface area contributed by atoms with E-state index >= 15 is 0 Å². The monoisotopic (exact) mass is 362 g/mol. The van der Waals surface area contributed by atoms with Crippen molar-refractivity contribution in [3.05, 3.63) is 34.8 Å². The van der Waals surface area contributed by atoms with Gasteiger partial charge in [0.1, 0.15) is 5.01 Å². The molecular weight excluding hydrogens is 348 g/mol. The largest absolute Gasteiger partial charge is 0.296 e. The molecule has 124 valence electrons. The lowest BCUT2D eigenvalue weighted by atomic mass is 10.2. The highest BCUT2D eigenvalue weighted by atomic mass is 32.2. The Bertz CT molecular complexity index is 911. The molecule has 2 aromatic rings. The molecule has 3 rings (SSSR count). The molecule has 1 aliphatic carbocycles. The third-order valence-electron chi connectivity index (χ3n) is 3.36. The van der Waals surface area contributed by atoms with Crippen LogP contribution in [-0.4, -0.2) is 31.1 Å². The van der Waals surface area contributed by atoms with Gasteiger partial charge in [0.05, 0.1) is 11.4 Å². The summed E-state index contributed by atoms with van der Waals surface area (Å²) >= 11 is 1.34. The number of amides is 1. The molecule has 0 bridgehead atoms. The van der Waals surface area contributed by atoms with Gasteiger partial charge >= 0.3 is 0 Å². The maximum absolute atomic E-state index is 12.3. The van der Waals surface area contributed by atoms with Crippen LogP contribution in [-0.2, 0) is 10.0 Å². The normalized spacial score (nSPS) is 14.1. The van der Waals surface area contributed by atoms with Crippen LogP contribution in [0.3, 0.4) is 0 Å². The Morgan fingerprint density at radius 1 is 1.38 bits per heavy atom. The predicted octanol–water partition coefficient (Wildman–Crippen LogP) is 1.58. The molecule has 0 saturated heterocycles. The summed E-state index contributed by atoms with van der Waals surface area (Å²) in [4.78, 5) is 12.3. The van der Waals surface area contributed by atoms with Gasteiger partial charge in [0, 0.05) is 11.5 Å². The van der Waals surface area contributed by atoms with E-state index < -0.39 is 15.9 Å². The van der Waals surface area contributed by atoms with Gasteiger partial charge in [-0.1, -0.05) is 23.3 Å². The average molecular weight is 362 g/mol. The van der Waals surface area contributed by atoms with E-state index in [-0.39, 0.29) is 17.0 Å². The van der Waals surface area contributed by atoms with Crippen LogP contribution < -0.4 is 10.0 Å². The Morgan fingerprint density at radius 3 is 2.88 bits per heavy atom. The van der Waals surface area contributed by atoms with Gasteiger partial charge in [0.2, 0.25) is 15.2 Å². The molecule has 24 heavy (non-hydrogen) atoms. The van der Waals surface area contributed by atoms with Gasteiger partial charge in [-0.05, 0) is 31.0 Å². The minimum Gasteiger partial charge on any atom is -0.296 e. The van der Waals surface area contributed by atoms with Crippen molar-refractivity contribution in [1.29, 1.82) is 0 Å². The Morgan fingerprint density at radius 2 is 2.17 bits per heavy atom. The van der Waals surface area contributed by atoms with Crippen LogP contribution in [0.15, 0.2) is 29.2 Å².